The van der Waals surface area contributed by atoms with E-state index in [4.69, 9.17) is 0 Å². The molecule has 4 heteroatoms. The fraction of sp³-hybridized carbons (Fsp3) is 0.625. The van der Waals surface area contributed by atoms with Crippen LogP contribution in [0.15, 0.2) is 30.3 Å². The second-order valence-electron chi connectivity index (χ2n) is 6.76. The zero-order chi connectivity index (χ0) is 15.4. The summed E-state index contributed by atoms with van der Waals surface area (Å²) in [5.41, 5.74) is 0.746. The van der Waals surface area contributed by atoms with Crippen molar-refractivity contribution >= 4 is 8.32 Å². The first-order chi connectivity index (χ1) is 9.15. The Balaban J connectivity index is 2.46. The van der Waals surface area contributed by atoms with Crippen LogP contribution in [0.3, 0.4) is 0 Å². The molecule has 0 saturated carbocycles. The molecule has 0 aliphatic heterocycles. The van der Waals surface area contributed by atoms with Crippen molar-refractivity contribution in [3.63, 3.8) is 0 Å². The lowest BCUT2D eigenvalue weighted by atomic mass is 9.97. The van der Waals surface area contributed by atoms with E-state index in [1.54, 1.807) is 0 Å². The highest BCUT2D eigenvalue weighted by molar-refractivity contribution is 6.72. The molecule has 0 aliphatic carbocycles. The number of hydrogen-bond donors (Lipinski definition) is 3. The third kappa shape index (κ3) is 4.70. The van der Waals surface area contributed by atoms with Crippen molar-refractivity contribution in [2.24, 2.45) is 0 Å². The van der Waals surface area contributed by atoms with E-state index in [1.165, 1.54) is 0 Å². The van der Waals surface area contributed by atoms with E-state index in [-0.39, 0.29) is 5.04 Å². The molecule has 114 valence electrons. The summed E-state index contributed by atoms with van der Waals surface area (Å²) < 4.78 is 0. The van der Waals surface area contributed by atoms with Crippen LogP contribution in [-0.4, -0.2) is 29.4 Å². The van der Waals surface area contributed by atoms with Crippen LogP contribution in [0.5, 0.6) is 0 Å². The van der Waals surface area contributed by atoms with Gasteiger partial charge >= 0.3 is 0 Å². The smallest absolute Gasteiger partial charge is 0.188 e. The molecule has 0 amide bonds. The maximum absolute atomic E-state index is 10.2. The molecule has 0 saturated heterocycles. The number of aliphatic hydroxyl groups is 2. The third-order valence-electron chi connectivity index (χ3n) is 4.46. The van der Waals surface area contributed by atoms with Gasteiger partial charge in [-0.1, -0.05) is 50.6 Å². The topological polar surface area (TPSA) is 60.7 Å². The van der Waals surface area contributed by atoms with Gasteiger partial charge in [-0.15, -0.1) is 0 Å². The second-order valence-corrected chi connectivity index (χ2v) is 11.2. The monoisotopic (exact) mass is 296 g/mol. The highest BCUT2D eigenvalue weighted by Gasteiger charge is 2.37. The highest BCUT2D eigenvalue weighted by atomic mass is 28.4. The van der Waals surface area contributed by atoms with Crippen molar-refractivity contribution < 1.29 is 15.0 Å². The molecule has 3 N–H and O–H groups in total. The molecule has 0 radical (unpaired) electrons. The molecule has 3 nitrogen and oxygen atoms in total. The number of hydrogen-bond acceptors (Lipinski definition) is 3. The van der Waals surface area contributed by atoms with Crippen LogP contribution < -0.4 is 0 Å². The average Bonchev–Trinajstić information content (AvgIpc) is 2.37. The fourth-order valence-corrected chi connectivity index (χ4v) is 2.88. The van der Waals surface area contributed by atoms with Gasteiger partial charge < -0.3 is 15.0 Å². The van der Waals surface area contributed by atoms with Crippen LogP contribution in [-0.2, 0) is 0 Å². The minimum Gasteiger partial charge on any atom is -0.432 e. The Morgan fingerprint density at radius 3 is 2.15 bits per heavy atom. The zero-order valence-corrected chi connectivity index (χ0v) is 14.0. The van der Waals surface area contributed by atoms with Crippen LogP contribution in [0.2, 0.25) is 18.1 Å². The van der Waals surface area contributed by atoms with Gasteiger partial charge in [-0.25, -0.2) is 0 Å². The largest absolute Gasteiger partial charge is 0.432 e. The molecule has 2 atom stereocenters. The van der Waals surface area contributed by atoms with Gasteiger partial charge in [0.05, 0.1) is 6.10 Å². The van der Waals surface area contributed by atoms with Gasteiger partial charge in [-0.05, 0) is 36.5 Å². The summed E-state index contributed by atoms with van der Waals surface area (Å²) in [4.78, 5) is 10.2. The molecule has 0 unspecified atom stereocenters. The quantitative estimate of drug-likeness (QED) is 0.677. The van der Waals surface area contributed by atoms with Crippen LogP contribution in [0, 0.1) is 0 Å². The molecule has 1 aromatic rings. The second kappa shape index (κ2) is 6.85. The average molecular weight is 296 g/mol. The molecule has 0 heterocycles. The Bertz CT molecular complexity index is 398. The predicted octanol–water partition coefficient (Wildman–Crippen LogP) is 3.23. The summed E-state index contributed by atoms with van der Waals surface area (Å²) in [6.07, 6.45) is 0.621. The van der Waals surface area contributed by atoms with E-state index in [0.717, 1.165) is 18.4 Å². The van der Waals surface area contributed by atoms with Gasteiger partial charge in [0, 0.05) is 0 Å². The minimum absolute atomic E-state index is 0.0789. The maximum atomic E-state index is 10.2. The summed E-state index contributed by atoms with van der Waals surface area (Å²) in [5, 5.41) is 20.1. The van der Waals surface area contributed by atoms with E-state index in [0.29, 0.717) is 6.42 Å². The van der Waals surface area contributed by atoms with Gasteiger partial charge in [-0.3, -0.25) is 0 Å². The highest BCUT2D eigenvalue weighted by Crippen LogP contribution is 2.40. The summed E-state index contributed by atoms with van der Waals surface area (Å²) >= 11 is 0. The molecule has 0 aliphatic rings. The molecule has 20 heavy (non-hydrogen) atoms. The van der Waals surface area contributed by atoms with Crippen LogP contribution in [0.4, 0.5) is 0 Å². The molecule has 0 bridgehead atoms. The number of aliphatic hydroxyl groups excluding tert-OH is 2. The fourth-order valence-electron chi connectivity index (χ4n) is 2.09. The summed E-state index contributed by atoms with van der Waals surface area (Å²) in [6, 6.07) is 9.24. The lowest BCUT2D eigenvalue weighted by Crippen LogP contribution is -2.39. The standard InChI is InChI=1S/C16H28O3Si/c1-16(2,20(3,4)19)12-8-11-14(17)15(18)13-9-6-5-7-10-13/h5-7,9-10,14-15,17-19H,8,11-12H2,1-4H3/t14-,15-/m1/s1. The molecule has 0 aromatic heterocycles. The molecule has 0 fully saturated rings. The third-order valence-corrected chi connectivity index (χ3v) is 8.03. The molecule has 1 rings (SSSR count). The van der Waals surface area contributed by atoms with Gasteiger partial charge in [0.1, 0.15) is 6.10 Å². The van der Waals surface area contributed by atoms with Crippen molar-refractivity contribution in [3.05, 3.63) is 35.9 Å². The van der Waals surface area contributed by atoms with Gasteiger partial charge in [0.25, 0.3) is 0 Å². The summed E-state index contributed by atoms with van der Waals surface area (Å²) in [6.45, 7) is 8.06. The molecule has 0 spiro atoms. The van der Waals surface area contributed by atoms with E-state index in [2.05, 4.69) is 13.8 Å². The van der Waals surface area contributed by atoms with Crippen molar-refractivity contribution in [2.75, 3.05) is 0 Å². The molecule has 1 aromatic carbocycles. The lowest BCUT2D eigenvalue weighted by molar-refractivity contribution is 0.0116. The first-order valence-electron chi connectivity index (χ1n) is 7.28. The van der Waals surface area contributed by atoms with Gasteiger partial charge in [-0.2, -0.15) is 0 Å². The Morgan fingerprint density at radius 1 is 1.10 bits per heavy atom. The maximum Gasteiger partial charge on any atom is 0.188 e. The zero-order valence-electron chi connectivity index (χ0n) is 13.0. The summed E-state index contributed by atoms with van der Waals surface area (Å²) in [5.74, 6) is 0. The van der Waals surface area contributed by atoms with Crippen LogP contribution in [0.1, 0.15) is 44.8 Å². The Morgan fingerprint density at radius 2 is 1.65 bits per heavy atom. The first-order valence-corrected chi connectivity index (χ1v) is 10.2. The van der Waals surface area contributed by atoms with E-state index in [9.17, 15) is 15.0 Å². The minimum atomic E-state index is -2.19. The van der Waals surface area contributed by atoms with E-state index in [1.807, 2.05) is 43.4 Å². The van der Waals surface area contributed by atoms with Crippen LogP contribution in [0.25, 0.3) is 0 Å². The van der Waals surface area contributed by atoms with Crippen molar-refractivity contribution in [3.8, 4) is 0 Å². The van der Waals surface area contributed by atoms with Crippen LogP contribution >= 0.6 is 0 Å². The molecular formula is C16H28O3Si. The Labute approximate surface area is 123 Å². The van der Waals surface area contributed by atoms with Gasteiger partial charge in [0.2, 0.25) is 0 Å². The van der Waals surface area contributed by atoms with Crippen molar-refractivity contribution in [2.45, 2.75) is 63.5 Å². The lowest BCUT2D eigenvalue weighted by Gasteiger charge is -2.35. The first kappa shape index (κ1) is 17.4. The van der Waals surface area contributed by atoms with E-state index < -0.39 is 20.5 Å². The number of rotatable bonds is 7. The number of benzene rings is 1. The van der Waals surface area contributed by atoms with Gasteiger partial charge in [0.15, 0.2) is 8.32 Å². The normalized spacial score (nSPS) is 15.9. The Hall–Kier alpha value is -0.683. The van der Waals surface area contributed by atoms with Crippen molar-refractivity contribution in [1.82, 2.24) is 0 Å². The molecular weight excluding hydrogens is 268 g/mol. The predicted molar refractivity (Wildman–Crippen MR) is 85.0 cm³/mol. The van der Waals surface area contributed by atoms with E-state index >= 15 is 0 Å². The summed E-state index contributed by atoms with van der Waals surface area (Å²) in [7, 11) is -2.19. The Kier molecular flexibility index (Phi) is 5.95. The van der Waals surface area contributed by atoms with Crippen molar-refractivity contribution in [1.29, 1.82) is 0 Å². The SMILES string of the molecule is CC(C)(CCC[C@@H](O)[C@H](O)c1ccccc1)[Si](C)(C)O.